The number of aryl methyl sites for hydroxylation is 1. The molecule has 2 aliphatic carbocycles. The molecule has 0 bridgehead atoms. The summed E-state index contributed by atoms with van der Waals surface area (Å²) in [5.74, 6) is 1.55. The molecule has 21 heavy (non-hydrogen) atoms. The molecule has 0 aromatic carbocycles. The van der Waals surface area contributed by atoms with Crippen LogP contribution in [0.4, 0.5) is 5.82 Å². The summed E-state index contributed by atoms with van der Waals surface area (Å²) in [6.07, 6.45) is 11.5. The van der Waals surface area contributed by atoms with Gasteiger partial charge in [-0.3, -0.25) is 0 Å². The van der Waals surface area contributed by atoms with E-state index in [0.717, 1.165) is 31.5 Å². The van der Waals surface area contributed by atoms with Gasteiger partial charge in [0.2, 0.25) is 0 Å². The highest BCUT2D eigenvalue weighted by Gasteiger charge is 2.38. The molecule has 0 spiro atoms. The molecular formula is C17H27N3O. The Labute approximate surface area is 127 Å². The highest BCUT2D eigenvalue weighted by molar-refractivity contribution is 5.43. The molecule has 2 N–H and O–H groups in total. The minimum atomic E-state index is -0.289. The van der Waals surface area contributed by atoms with E-state index < -0.39 is 0 Å². The number of ether oxygens (including phenoxy) is 1. The van der Waals surface area contributed by atoms with E-state index in [1.165, 1.54) is 49.8 Å². The van der Waals surface area contributed by atoms with Gasteiger partial charge in [0.25, 0.3) is 0 Å². The van der Waals surface area contributed by atoms with Crippen molar-refractivity contribution in [3.8, 4) is 0 Å². The summed E-state index contributed by atoms with van der Waals surface area (Å²) in [4.78, 5) is 9.62. The number of hydrogen-bond acceptors (Lipinski definition) is 4. The molecule has 1 aromatic heterocycles. The Kier molecular flexibility index (Phi) is 4.43. The van der Waals surface area contributed by atoms with E-state index in [9.17, 15) is 0 Å². The quantitative estimate of drug-likeness (QED) is 0.865. The fourth-order valence-corrected chi connectivity index (χ4v) is 3.84. The first kappa shape index (κ1) is 14.8. The first-order valence-electron chi connectivity index (χ1n) is 8.55. The number of anilines is 1. The van der Waals surface area contributed by atoms with E-state index in [0.29, 0.717) is 12.4 Å². The van der Waals surface area contributed by atoms with Crippen LogP contribution in [0.5, 0.6) is 0 Å². The number of nitrogens with zero attached hydrogens (tertiary/aromatic N) is 2. The maximum Gasteiger partial charge on any atom is 0.162 e. The second-order valence-corrected chi connectivity index (χ2v) is 6.41. The number of aromatic nitrogens is 2. The third-order valence-corrected chi connectivity index (χ3v) is 4.95. The molecule has 0 amide bonds. The van der Waals surface area contributed by atoms with Crippen LogP contribution >= 0.6 is 0 Å². The third-order valence-electron chi connectivity index (χ3n) is 4.95. The van der Waals surface area contributed by atoms with E-state index in [1.54, 1.807) is 0 Å². The molecule has 0 radical (unpaired) electrons. The van der Waals surface area contributed by atoms with Gasteiger partial charge in [0.15, 0.2) is 5.82 Å². The van der Waals surface area contributed by atoms with Crippen LogP contribution in [-0.2, 0) is 23.2 Å². The second kappa shape index (κ2) is 6.30. The molecule has 4 heteroatoms. The maximum atomic E-state index is 6.27. The molecule has 1 saturated carbocycles. The SMILES string of the molecule is CCOC1(c2nc(N)c3c(n2)CCCCC3)CCCCC1. The lowest BCUT2D eigenvalue weighted by Gasteiger charge is -2.36. The van der Waals surface area contributed by atoms with Crippen LogP contribution in [0.3, 0.4) is 0 Å². The van der Waals surface area contributed by atoms with Crippen molar-refractivity contribution in [1.29, 1.82) is 0 Å². The van der Waals surface area contributed by atoms with E-state index in [1.807, 2.05) is 0 Å². The van der Waals surface area contributed by atoms with Gasteiger partial charge in [0, 0.05) is 17.9 Å². The zero-order valence-corrected chi connectivity index (χ0v) is 13.2. The van der Waals surface area contributed by atoms with Crippen LogP contribution in [0.2, 0.25) is 0 Å². The lowest BCUT2D eigenvalue weighted by atomic mass is 9.83. The minimum absolute atomic E-state index is 0.289. The molecule has 1 fully saturated rings. The van der Waals surface area contributed by atoms with Gasteiger partial charge in [-0.1, -0.05) is 25.7 Å². The van der Waals surface area contributed by atoms with E-state index in [4.69, 9.17) is 15.5 Å². The van der Waals surface area contributed by atoms with Gasteiger partial charge < -0.3 is 10.5 Å². The predicted octanol–water partition coefficient (Wildman–Crippen LogP) is 3.52. The Hall–Kier alpha value is -1.16. The summed E-state index contributed by atoms with van der Waals surface area (Å²) in [5.41, 5.74) is 8.35. The first-order valence-corrected chi connectivity index (χ1v) is 8.55. The summed E-state index contributed by atoms with van der Waals surface area (Å²) in [7, 11) is 0. The molecule has 0 aliphatic heterocycles. The Balaban J connectivity index is 2.00. The summed E-state index contributed by atoms with van der Waals surface area (Å²) in [5, 5.41) is 0. The lowest BCUT2D eigenvalue weighted by molar-refractivity contribution is -0.0767. The van der Waals surface area contributed by atoms with Crippen LogP contribution in [0, 0.1) is 0 Å². The van der Waals surface area contributed by atoms with Crippen LogP contribution in [0.25, 0.3) is 0 Å². The van der Waals surface area contributed by atoms with Gasteiger partial charge in [-0.2, -0.15) is 0 Å². The Morgan fingerprint density at radius 3 is 2.48 bits per heavy atom. The van der Waals surface area contributed by atoms with Crippen molar-refractivity contribution in [2.24, 2.45) is 0 Å². The molecule has 4 nitrogen and oxygen atoms in total. The van der Waals surface area contributed by atoms with Crippen molar-refractivity contribution < 1.29 is 4.74 Å². The van der Waals surface area contributed by atoms with Gasteiger partial charge in [-0.15, -0.1) is 0 Å². The number of hydrogen-bond donors (Lipinski definition) is 1. The molecule has 1 heterocycles. The molecule has 0 unspecified atom stereocenters. The maximum absolute atomic E-state index is 6.27. The summed E-state index contributed by atoms with van der Waals surface area (Å²) in [6, 6.07) is 0. The normalized spacial score (nSPS) is 21.6. The van der Waals surface area contributed by atoms with E-state index >= 15 is 0 Å². The van der Waals surface area contributed by atoms with Gasteiger partial charge in [0.1, 0.15) is 11.4 Å². The van der Waals surface area contributed by atoms with Gasteiger partial charge in [-0.05, 0) is 45.4 Å². The molecular weight excluding hydrogens is 262 g/mol. The Morgan fingerprint density at radius 1 is 1.00 bits per heavy atom. The predicted molar refractivity (Wildman–Crippen MR) is 84.1 cm³/mol. The molecule has 0 saturated heterocycles. The zero-order chi connectivity index (χ0) is 14.7. The lowest BCUT2D eigenvalue weighted by Crippen LogP contribution is -2.35. The highest BCUT2D eigenvalue weighted by atomic mass is 16.5. The fraction of sp³-hybridized carbons (Fsp3) is 0.765. The first-order chi connectivity index (χ1) is 10.2. The fourth-order valence-electron chi connectivity index (χ4n) is 3.84. The number of rotatable bonds is 3. The monoisotopic (exact) mass is 289 g/mol. The average molecular weight is 289 g/mol. The van der Waals surface area contributed by atoms with Gasteiger partial charge >= 0.3 is 0 Å². The van der Waals surface area contributed by atoms with E-state index in [2.05, 4.69) is 11.9 Å². The molecule has 0 atom stereocenters. The summed E-state index contributed by atoms with van der Waals surface area (Å²) in [6.45, 7) is 2.77. The third kappa shape index (κ3) is 2.91. The molecule has 3 rings (SSSR count). The number of nitrogens with two attached hydrogens (primary N) is 1. The molecule has 2 aliphatic rings. The van der Waals surface area contributed by atoms with Crippen molar-refractivity contribution in [2.45, 2.75) is 76.7 Å². The smallest absolute Gasteiger partial charge is 0.162 e. The zero-order valence-electron chi connectivity index (χ0n) is 13.2. The summed E-state index contributed by atoms with van der Waals surface area (Å²) < 4.78 is 6.15. The van der Waals surface area contributed by atoms with Crippen LogP contribution < -0.4 is 5.73 Å². The van der Waals surface area contributed by atoms with E-state index in [-0.39, 0.29) is 5.60 Å². The van der Waals surface area contributed by atoms with Crippen LogP contribution in [0.1, 0.15) is 75.4 Å². The number of fused-ring (bicyclic) bond motifs is 1. The van der Waals surface area contributed by atoms with Crippen LogP contribution in [-0.4, -0.2) is 16.6 Å². The van der Waals surface area contributed by atoms with Gasteiger partial charge in [-0.25, -0.2) is 9.97 Å². The second-order valence-electron chi connectivity index (χ2n) is 6.41. The largest absolute Gasteiger partial charge is 0.383 e. The average Bonchev–Trinajstić information content (AvgIpc) is 2.74. The van der Waals surface area contributed by atoms with Crippen molar-refractivity contribution >= 4 is 5.82 Å². The standard InChI is InChI=1S/C17H27N3O/c1-2-21-17(11-7-4-8-12-17)16-19-14-10-6-3-5-9-13(14)15(18)20-16/h2-12H2,1H3,(H2,18,19,20). The Bertz CT molecular complexity index is 490. The van der Waals surface area contributed by atoms with Crippen LogP contribution in [0.15, 0.2) is 0 Å². The topological polar surface area (TPSA) is 61.0 Å². The number of nitrogen functional groups attached to an aromatic ring is 1. The minimum Gasteiger partial charge on any atom is -0.383 e. The Morgan fingerprint density at radius 2 is 1.71 bits per heavy atom. The molecule has 1 aromatic rings. The van der Waals surface area contributed by atoms with Crippen molar-refractivity contribution in [3.63, 3.8) is 0 Å². The van der Waals surface area contributed by atoms with Crippen molar-refractivity contribution in [3.05, 3.63) is 17.1 Å². The van der Waals surface area contributed by atoms with Gasteiger partial charge in [0.05, 0.1) is 0 Å². The summed E-state index contributed by atoms with van der Waals surface area (Å²) >= 11 is 0. The van der Waals surface area contributed by atoms with Crippen molar-refractivity contribution in [1.82, 2.24) is 9.97 Å². The highest BCUT2D eigenvalue weighted by Crippen LogP contribution is 2.40. The molecule has 116 valence electrons. The van der Waals surface area contributed by atoms with Crippen molar-refractivity contribution in [2.75, 3.05) is 12.3 Å².